The average molecular weight is 385 g/mol. The normalized spacial score (nSPS) is 11.4. The number of aromatic amines is 1. The molecule has 1 amide bonds. The van der Waals surface area contributed by atoms with Crippen molar-refractivity contribution in [2.45, 2.75) is 0 Å². The Balaban J connectivity index is 1.74. The molecule has 0 saturated carbocycles. The van der Waals surface area contributed by atoms with Crippen molar-refractivity contribution in [1.82, 2.24) is 15.3 Å². The number of nitrogens with one attached hydrogen (secondary N) is 2. The van der Waals surface area contributed by atoms with Crippen molar-refractivity contribution in [2.24, 2.45) is 0 Å². The van der Waals surface area contributed by atoms with Crippen LogP contribution in [0.4, 0.5) is 4.39 Å². The molecule has 6 heteroatoms. The fourth-order valence-corrected chi connectivity index (χ4v) is 2.88. The van der Waals surface area contributed by atoms with E-state index >= 15 is 0 Å². The predicted octanol–water partition coefficient (Wildman–Crippen LogP) is 4.36. The Labute approximate surface area is 165 Å². The van der Waals surface area contributed by atoms with Crippen molar-refractivity contribution in [3.8, 4) is 0 Å². The average Bonchev–Trinajstić information content (AvgIpc) is 3.19. The van der Waals surface area contributed by atoms with Crippen molar-refractivity contribution in [1.29, 1.82) is 0 Å². The third kappa shape index (κ3) is 3.96. The van der Waals surface area contributed by atoms with E-state index < -0.39 is 17.5 Å². The standard InChI is InChI=1S/C23H16FN3O2/c24-17-11-5-4-10-16(17)14-20(27-23(29)15-8-2-1-3-9-15)21(28)22-25-18-12-6-7-13-19(18)26-22/h1-14H,(H,25,26)(H,27,29)/b20-14+. The van der Waals surface area contributed by atoms with E-state index in [-0.39, 0.29) is 17.1 Å². The number of hydrogen-bond acceptors (Lipinski definition) is 3. The number of nitrogens with zero attached hydrogens (tertiary/aromatic N) is 1. The highest BCUT2D eigenvalue weighted by Gasteiger charge is 2.20. The molecule has 142 valence electrons. The summed E-state index contributed by atoms with van der Waals surface area (Å²) in [6.07, 6.45) is 1.31. The van der Waals surface area contributed by atoms with Gasteiger partial charge in [0.25, 0.3) is 5.91 Å². The van der Waals surface area contributed by atoms with Gasteiger partial charge in [-0.05, 0) is 36.4 Å². The third-order valence-corrected chi connectivity index (χ3v) is 4.34. The molecule has 3 aromatic carbocycles. The first-order chi connectivity index (χ1) is 14.1. The molecule has 5 nitrogen and oxygen atoms in total. The van der Waals surface area contributed by atoms with Gasteiger partial charge in [-0.2, -0.15) is 0 Å². The highest BCUT2D eigenvalue weighted by Crippen LogP contribution is 2.16. The van der Waals surface area contributed by atoms with Crippen LogP contribution in [-0.4, -0.2) is 21.7 Å². The van der Waals surface area contributed by atoms with Gasteiger partial charge in [-0.15, -0.1) is 0 Å². The number of allylic oxidation sites excluding steroid dienone is 1. The Morgan fingerprint density at radius 2 is 1.59 bits per heavy atom. The van der Waals surface area contributed by atoms with Crippen LogP contribution in [0.3, 0.4) is 0 Å². The molecule has 1 aromatic heterocycles. The van der Waals surface area contributed by atoms with Crippen LogP contribution in [0.1, 0.15) is 26.5 Å². The van der Waals surface area contributed by atoms with Gasteiger partial charge < -0.3 is 10.3 Å². The fourth-order valence-electron chi connectivity index (χ4n) is 2.88. The van der Waals surface area contributed by atoms with Crippen LogP contribution in [-0.2, 0) is 0 Å². The number of fused-ring (bicyclic) bond motifs is 1. The van der Waals surface area contributed by atoms with Crippen LogP contribution >= 0.6 is 0 Å². The first-order valence-electron chi connectivity index (χ1n) is 8.94. The first-order valence-corrected chi connectivity index (χ1v) is 8.94. The largest absolute Gasteiger partial charge is 0.335 e. The number of carbonyl (C=O) groups excluding carboxylic acids is 2. The summed E-state index contributed by atoms with van der Waals surface area (Å²) in [5.74, 6) is -1.47. The van der Waals surface area contributed by atoms with Crippen molar-refractivity contribution >= 4 is 28.8 Å². The van der Waals surface area contributed by atoms with E-state index in [2.05, 4.69) is 15.3 Å². The third-order valence-electron chi connectivity index (χ3n) is 4.34. The second-order valence-corrected chi connectivity index (χ2v) is 6.33. The Kier molecular flexibility index (Phi) is 4.99. The molecule has 29 heavy (non-hydrogen) atoms. The van der Waals surface area contributed by atoms with Crippen molar-refractivity contribution in [3.63, 3.8) is 0 Å². The van der Waals surface area contributed by atoms with Gasteiger partial charge >= 0.3 is 0 Å². The number of para-hydroxylation sites is 2. The van der Waals surface area contributed by atoms with Crippen LogP contribution in [0.15, 0.2) is 84.6 Å². The molecular weight excluding hydrogens is 369 g/mol. The lowest BCUT2D eigenvalue weighted by molar-refractivity contribution is 0.0931. The van der Waals surface area contributed by atoms with Gasteiger partial charge in [0.05, 0.1) is 16.7 Å². The van der Waals surface area contributed by atoms with Crippen LogP contribution in [0.25, 0.3) is 17.1 Å². The van der Waals surface area contributed by atoms with Gasteiger partial charge in [-0.1, -0.05) is 48.5 Å². The van der Waals surface area contributed by atoms with Crippen LogP contribution < -0.4 is 5.32 Å². The van der Waals surface area contributed by atoms with Gasteiger partial charge in [0.2, 0.25) is 5.78 Å². The number of halogens is 1. The molecule has 2 N–H and O–H groups in total. The molecule has 0 aliphatic heterocycles. The summed E-state index contributed by atoms with van der Waals surface area (Å²) in [5.41, 5.74) is 1.79. The topological polar surface area (TPSA) is 74.8 Å². The minimum absolute atomic E-state index is 0.0575. The molecule has 0 radical (unpaired) electrons. The van der Waals surface area contributed by atoms with E-state index in [9.17, 15) is 14.0 Å². The minimum atomic E-state index is -0.547. The summed E-state index contributed by atoms with van der Waals surface area (Å²) in [6, 6.07) is 21.7. The summed E-state index contributed by atoms with van der Waals surface area (Å²) in [7, 11) is 0. The molecule has 0 bridgehead atoms. The number of ketones is 1. The van der Waals surface area contributed by atoms with Crippen molar-refractivity contribution in [3.05, 3.63) is 107 Å². The number of aromatic nitrogens is 2. The zero-order valence-electron chi connectivity index (χ0n) is 15.2. The van der Waals surface area contributed by atoms with Crippen LogP contribution in [0.5, 0.6) is 0 Å². The number of benzene rings is 3. The Bertz CT molecular complexity index is 1200. The monoisotopic (exact) mass is 385 g/mol. The summed E-state index contributed by atoms with van der Waals surface area (Å²) in [4.78, 5) is 32.9. The molecule has 0 atom stereocenters. The van der Waals surface area contributed by atoms with Crippen molar-refractivity contribution in [2.75, 3.05) is 0 Å². The maximum absolute atomic E-state index is 14.2. The zero-order chi connectivity index (χ0) is 20.2. The number of rotatable bonds is 5. The quantitative estimate of drug-likeness (QED) is 0.396. The second kappa shape index (κ2) is 7.90. The van der Waals surface area contributed by atoms with E-state index in [0.717, 1.165) is 0 Å². The maximum Gasteiger partial charge on any atom is 0.255 e. The Morgan fingerprint density at radius 3 is 2.34 bits per heavy atom. The highest BCUT2D eigenvalue weighted by molar-refractivity contribution is 6.13. The van der Waals surface area contributed by atoms with Crippen LogP contribution in [0.2, 0.25) is 0 Å². The first kappa shape index (κ1) is 18.3. The van der Waals surface area contributed by atoms with Gasteiger partial charge in [-0.3, -0.25) is 9.59 Å². The number of carbonyl (C=O) groups is 2. The second-order valence-electron chi connectivity index (χ2n) is 6.33. The number of Topliss-reactive ketones (excluding diaryl/α,β-unsaturated/α-hetero) is 1. The van der Waals surface area contributed by atoms with Gasteiger partial charge in [0.1, 0.15) is 5.82 Å². The summed E-state index contributed by atoms with van der Waals surface area (Å²) in [6.45, 7) is 0. The molecule has 0 fully saturated rings. The SMILES string of the molecule is O=C(N/C(=C/c1ccccc1F)C(=O)c1nc2ccccc2[nH]1)c1ccccc1. The van der Waals surface area contributed by atoms with Crippen molar-refractivity contribution < 1.29 is 14.0 Å². The summed E-state index contributed by atoms with van der Waals surface area (Å²) >= 11 is 0. The smallest absolute Gasteiger partial charge is 0.255 e. The summed E-state index contributed by atoms with van der Waals surface area (Å²) < 4.78 is 14.2. The molecule has 0 aliphatic rings. The zero-order valence-corrected chi connectivity index (χ0v) is 15.2. The molecule has 0 spiro atoms. The molecule has 0 saturated heterocycles. The highest BCUT2D eigenvalue weighted by atomic mass is 19.1. The van der Waals surface area contributed by atoms with Crippen LogP contribution in [0, 0.1) is 5.82 Å². The fraction of sp³-hybridized carbons (Fsp3) is 0. The molecule has 4 aromatic rings. The Morgan fingerprint density at radius 1 is 0.897 bits per heavy atom. The minimum Gasteiger partial charge on any atom is -0.335 e. The van der Waals surface area contributed by atoms with Gasteiger partial charge in [0.15, 0.2) is 5.82 Å². The van der Waals surface area contributed by atoms with E-state index in [0.29, 0.717) is 16.6 Å². The summed E-state index contributed by atoms with van der Waals surface area (Å²) in [5, 5.41) is 2.60. The van der Waals surface area contributed by atoms with Gasteiger partial charge in [-0.25, -0.2) is 9.37 Å². The predicted molar refractivity (Wildman–Crippen MR) is 109 cm³/mol. The lowest BCUT2D eigenvalue weighted by atomic mass is 10.1. The van der Waals surface area contributed by atoms with E-state index in [1.165, 1.54) is 18.2 Å². The maximum atomic E-state index is 14.2. The molecule has 0 unspecified atom stereocenters. The van der Waals surface area contributed by atoms with E-state index in [1.54, 1.807) is 54.6 Å². The lowest BCUT2D eigenvalue weighted by Crippen LogP contribution is -2.28. The number of imidazole rings is 1. The Hall–Kier alpha value is -4.06. The van der Waals surface area contributed by atoms with Gasteiger partial charge in [0, 0.05) is 11.1 Å². The number of amides is 1. The number of H-pyrrole nitrogens is 1. The number of hydrogen-bond donors (Lipinski definition) is 2. The molecular formula is C23H16FN3O2. The van der Waals surface area contributed by atoms with E-state index in [4.69, 9.17) is 0 Å². The molecule has 4 rings (SSSR count). The lowest BCUT2D eigenvalue weighted by Gasteiger charge is -2.09. The molecule has 0 aliphatic carbocycles. The molecule has 1 heterocycles. The van der Waals surface area contributed by atoms with E-state index in [1.807, 2.05) is 12.1 Å².